The highest BCUT2D eigenvalue weighted by Gasteiger charge is 2.25. The molecule has 172 valence electrons. The highest BCUT2D eigenvalue weighted by molar-refractivity contribution is 6.29. The molecule has 1 amide bonds. The van der Waals surface area contributed by atoms with Gasteiger partial charge in [-0.2, -0.15) is 10.4 Å². The summed E-state index contributed by atoms with van der Waals surface area (Å²) >= 11 is 6.25. The molecule has 2 N–H and O–H groups in total. The molecule has 8 nitrogen and oxygen atoms in total. The van der Waals surface area contributed by atoms with E-state index in [1.54, 1.807) is 61.7 Å². The number of nitrogens with zero attached hydrogens (tertiary/aromatic N) is 5. The van der Waals surface area contributed by atoms with Gasteiger partial charge in [0.1, 0.15) is 16.5 Å². The molecule has 0 bridgehead atoms. The predicted molar refractivity (Wildman–Crippen MR) is 129 cm³/mol. The fraction of sp³-hybridized carbons (Fsp3) is 0.240. The van der Waals surface area contributed by atoms with Crippen molar-refractivity contribution in [2.24, 2.45) is 0 Å². The minimum Gasteiger partial charge on any atom is -0.388 e. The third kappa shape index (κ3) is 4.62. The summed E-state index contributed by atoms with van der Waals surface area (Å²) in [6.07, 6.45) is 0. The maximum atomic E-state index is 12.9. The number of nitriles is 1. The van der Waals surface area contributed by atoms with E-state index in [-0.39, 0.29) is 5.69 Å². The van der Waals surface area contributed by atoms with Gasteiger partial charge in [-0.25, -0.2) is 14.5 Å². The van der Waals surface area contributed by atoms with E-state index in [9.17, 15) is 15.2 Å². The minimum absolute atomic E-state index is 0.163. The Bertz CT molecular complexity index is 1430. The largest absolute Gasteiger partial charge is 0.388 e. The van der Waals surface area contributed by atoms with Crippen molar-refractivity contribution in [3.05, 3.63) is 70.6 Å². The van der Waals surface area contributed by atoms with Gasteiger partial charge < -0.3 is 10.4 Å². The fourth-order valence-corrected chi connectivity index (χ4v) is 3.71. The molecule has 0 saturated carbocycles. The number of hydrogen-bond donors (Lipinski definition) is 2. The van der Waals surface area contributed by atoms with Crippen LogP contribution in [0.3, 0.4) is 0 Å². The maximum Gasteiger partial charge on any atom is 0.272 e. The summed E-state index contributed by atoms with van der Waals surface area (Å²) in [6.45, 7) is 6.80. The third-order valence-corrected chi connectivity index (χ3v) is 5.77. The molecule has 0 saturated heterocycles. The number of amides is 1. The molecule has 4 aromatic rings. The van der Waals surface area contributed by atoms with Crippen LogP contribution in [0.15, 0.2) is 48.5 Å². The molecule has 0 aliphatic rings. The molecule has 0 spiro atoms. The molecule has 0 aliphatic carbocycles. The Morgan fingerprint density at radius 2 is 1.94 bits per heavy atom. The third-order valence-electron chi connectivity index (χ3n) is 5.58. The van der Waals surface area contributed by atoms with Crippen LogP contribution in [0, 0.1) is 18.3 Å². The van der Waals surface area contributed by atoms with Crippen molar-refractivity contribution in [3.8, 4) is 28.6 Å². The second-order valence-corrected chi connectivity index (χ2v) is 9.05. The number of aromatic nitrogens is 4. The average Bonchev–Trinajstić information content (AvgIpc) is 3.16. The van der Waals surface area contributed by atoms with Crippen LogP contribution in [0.1, 0.15) is 42.5 Å². The number of fused-ring (bicyclic) bond motifs is 1. The first-order valence-electron chi connectivity index (χ1n) is 10.6. The van der Waals surface area contributed by atoms with Crippen molar-refractivity contribution in [1.82, 2.24) is 24.9 Å². The number of carbonyl (C=O) groups excluding carboxylic acids is 1. The molecule has 0 radical (unpaired) electrons. The summed E-state index contributed by atoms with van der Waals surface area (Å²) in [4.78, 5) is 21.9. The van der Waals surface area contributed by atoms with Crippen LogP contribution in [0.25, 0.3) is 28.2 Å². The average molecular weight is 475 g/mol. The van der Waals surface area contributed by atoms with Gasteiger partial charge in [0.2, 0.25) is 0 Å². The summed E-state index contributed by atoms with van der Waals surface area (Å²) in [7, 11) is 0. The second-order valence-electron chi connectivity index (χ2n) is 8.66. The number of aryl methyl sites for hydroxylation is 1. The topological polar surface area (TPSA) is 116 Å². The van der Waals surface area contributed by atoms with E-state index >= 15 is 0 Å². The van der Waals surface area contributed by atoms with Gasteiger partial charge in [-0.3, -0.25) is 4.79 Å². The van der Waals surface area contributed by atoms with Gasteiger partial charge >= 0.3 is 0 Å². The van der Waals surface area contributed by atoms with Gasteiger partial charge in [0, 0.05) is 16.8 Å². The molecule has 0 aliphatic heterocycles. The van der Waals surface area contributed by atoms with Crippen molar-refractivity contribution >= 4 is 23.2 Å². The number of rotatable bonds is 5. The minimum atomic E-state index is -1.09. The van der Waals surface area contributed by atoms with Gasteiger partial charge in [-0.05, 0) is 64.1 Å². The first kappa shape index (κ1) is 23.4. The molecule has 0 fully saturated rings. The van der Waals surface area contributed by atoms with Crippen LogP contribution in [0.5, 0.6) is 0 Å². The zero-order chi connectivity index (χ0) is 24.6. The van der Waals surface area contributed by atoms with Crippen LogP contribution < -0.4 is 5.32 Å². The number of halogens is 1. The SMILES string of the molecule is Cc1cc(-c2c(-c3cccc(C#N)c3)nc3ccc(C(=O)N[C@@H](C)C(C)(C)O)nn23)cc(Cl)n1. The first-order chi connectivity index (χ1) is 16.1. The van der Waals surface area contributed by atoms with Crippen molar-refractivity contribution in [2.75, 3.05) is 0 Å². The number of nitrogens with one attached hydrogen (secondary N) is 1. The van der Waals surface area contributed by atoms with E-state index in [0.717, 1.165) is 11.1 Å². The van der Waals surface area contributed by atoms with Crippen LogP contribution in [-0.2, 0) is 0 Å². The van der Waals surface area contributed by atoms with Gasteiger partial charge in [0.05, 0.1) is 29.0 Å². The van der Waals surface area contributed by atoms with Crippen LogP contribution in [0.2, 0.25) is 5.15 Å². The van der Waals surface area contributed by atoms with E-state index in [1.807, 2.05) is 19.1 Å². The van der Waals surface area contributed by atoms with Crippen molar-refractivity contribution in [2.45, 2.75) is 39.3 Å². The Labute approximate surface area is 201 Å². The summed E-state index contributed by atoms with van der Waals surface area (Å²) < 4.78 is 1.59. The van der Waals surface area contributed by atoms with Gasteiger partial charge in [0.25, 0.3) is 5.91 Å². The normalized spacial score (nSPS) is 12.4. The standard InChI is InChI=1S/C25H23ClN6O2/c1-14-10-18(12-20(26)28-14)23-22(17-7-5-6-16(11-17)13-27)30-21-9-8-19(31-32(21)23)24(33)29-15(2)25(3,4)34/h5-12,15,34H,1-4H3,(H,29,33)/t15-/m0/s1. The Hall–Kier alpha value is -3.80. The lowest BCUT2D eigenvalue weighted by atomic mass is 10.0. The van der Waals surface area contributed by atoms with E-state index in [0.29, 0.717) is 33.4 Å². The molecule has 3 aromatic heterocycles. The molecule has 34 heavy (non-hydrogen) atoms. The van der Waals surface area contributed by atoms with E-state index in [2.05, 4.69) is 21.5 Å². The first-order valence-corrected chi connectivity index (χ1v) is 11.0. The lowest BCUT2D eigenvalue weighted by Crippen LogP contribution is -2.47. The highest BCUT2D eigenvalue weighted by atomic mass is 35.5. The number of benzene rings is 1. The molecule has 3 heterocycles. The summed E-state index contributed by atoms with van der Waals surface area (Å²) in [5.74, 6) is -0.423. The zero-order valence-electron chi connectivity index (χ0n) is 19.2. The van der Waals surface area contributed by atoms with E-state index < -0.39 is 17.6 Å². The molecular formula is C25H23ClN6O2. The Kier molecular flexibility index (Phi) is 6.09. The number of pyridine rings is 1. The Morgan fingerprint density at radius 3 is 2.62 bits per heavy atom. The molecule has 9 heteroatoms. The smallest absolute Gasteiger partial charge is 0.272 e. The quantitative estimate of drug-likeness (QED) is 0.419. The molecule has 4 rings (SSSR count). The summed E-state index contributed by atoms with van der Waals surface area (Å²) in [5.41, 5.74) is 3.45. The van der Waals surface area contributed by atoms with Gasteiger partial charge in [-0.15, -0.1) is 0 Å². The summed E-state index contributed by atoms with van der Waals surface area (Å²) in [5, 5.41) is 27.2. The molecule has 1 atom stereocenters. The predicted octanol–water partition coefficient (Wildman–Crippen LogP) is 4.18. The fourth-order valence-electron chi connectivity index (χ4n) is 3.46. The van der Waals surface area contributed by atoms with Crippen LogP contribution >= 0.6 is 11.6 Å². The Morgan fingerprint density at radius 1 is 1.18 bits per heavy atom. The van der Waals surface area contributed by atoms with Crippen molar-refractivity contribution < 1.29 is 9.90 Å². The maximum absolute atomic E-state index is 12.9. The zero-order valence-corrected chi connectivity index (χ0v) is 19.9. The second kappa shape index (κ2) is 8.86. The monoisotopic (exact) mass is 474 g/mol. The van der Waals surface area contributed by atoms with Crippen LogP contribution in [-0.4, -0.2) is 42.2 Å². The van der Waals surface area contributed by atoms with Crippen LogP contribution in [0.4, 0.5) is 0 Å². The van der Waals surface area contributed by atoms with Crippen molar-refractivity contribution in [3.63, 3.8) is 0 Å². The highest BCUT2D eigenvalue weighted by Crippen LogP contribution is 2.34. The Balaban J connectivity index is 1.92. The number of hydrogen-bond acceptors (Lipinski definition) is 6. The number of aliphatic hydroxyl groups is 1. The number of imidazole rings is 1. The lowest BCUT2D eigenvalue weighted by Gasteiger charge is -2.26. The lowest BCUT2D eigenvalue weighted by molar-refractivity contribution is 0.0407. The van der Waals surface area contributed by atoms with E-state index in [1.165, 1.54) is 0 Å². The number of carbonyl (C=O) groups is 1. The molecule has 0 unspecified atom stereocenters. The molecule has 1 aromatic carbocycles. The van der Waals surface area contributed by atoms with Gasteiger partial charge in [-0.1, -0.05) is 23.7 Å². The molecular weight excluding hydrogens is 452 g/mol. The van der Waals surface area contributed by atoms with Crippen molar-refractivity contribution in [1.29, 1.82) is 5.26 Å². The van der Waals surface area contributed by atoms with E-state index in [4.69, 9.17) is 16.6 Å². The van der Waals surface area contributed by atoms with Gasteiger partial charge in [0.15, 0.2) is 5.65 Å². The summed E-state index contributed by atoms with van der Waals surface area (Å²) in [6, 6.07) is 15.6.